The summed E-state index contributed by atoms with van der Waals surface area (Å²) in [5.74, 6) is 3.05. The van der Waals surface area contributed by atoms with E-state index in [-0.39, 0.29) is 0 Å². The van der Waals surface area contributed by atoms with Gasteiger partial charge in [0.05, 0.1) is 0 Å². The molecule has 0 unspecified atom stereocenters. The Labute approximate surface area is 89.1 Å². The van der Waals surface area contributed by atoms with Crippen LogP contribution in [0.3, 0.4) is 0 Å². The highest BCUT2D eigenvalue weighted by Crippen LogP contribution is 2.30. The SMILES string of the molecule is c1ccc2c(c1)CC([S+]1CCCC1)C2. The van der Waals surface area contributed by atoms with Gasteiger partial charge < -0.3 is 0 Å². The molecule has 1 aromatic rings. The van der Waals surface area contributed by atoms with Crippen molar-refractivity contribution in [1.29, 1.82) is 0 Å². The third-order valence-corrected chi connectivity index (χ3v) is 6.45. The van der Waals surface area contributed by atoms with Crippen molar-refractivity contribution in [1.82, 2.24) is 0 Å². The zero-order valence-corrected chi connectivity index (χ0v) is 9.35. The van der Waals surface area contributed by atoms with E-state index in [0.717, 1.165) is 16.1 Å². The highest BCUT2D eigenvalue weighted by molar-refractivity contribution is 7.97. The van der Waals surface area contributed by atoms with Crippen molar-refractivity contribution in [3.05, 3.63) is 35.4 Å². The van der Waals surface area contributed by atoms with E-state index < -0.39 is 0 Å². The Morgan fingerprint density at radius 1 is 0.929 bits per heavy atom. The zero-order valence-electron chi connectivity index (χ0n) is 8.54. The van der Waals surface area contributed by atoms with E-state index in [2.05, 4.69) is 24.3 Å². The van der Waals surface area contributed by atoms with Gasteiger partial charge in [0.25, 0.3) is 0 Å². The maximum Gasteiger partial charge on any atom is 0.126 e. The second kappa shape index (κ2) is 3.62. The van der Waals surface area contributed by atoms with Crippen LogP contribution < -0.4 is 0 Å². The van der Waals surface area contributed by atoms with E-state index >= 15 is 0 Å². The minimum Gasteiger partial charge on any atom is -0.0620 e. The summed E-state index contributed by atoms with van der Waals surface area (Å²) in [6, 6.07) is 9.04. The third kappa shape index (κ3) is 1.48. The lowest BCUT2D eigenvalue weighted by molar-refractivity contribution is 0.924. The molecule has 1 heteroatoms. The van der Waals surface area contributed by atoms with Crippen molar-refractivity contribution in [3.63, 3.8) is 0 Å². The fraction of sp³-hybridized carbons (Fsp3) is 0.538. The van der Waals surface area contributed by atoms with Crippen LogP contribution in [0.25, 0.3) is 0 Å². The maximum atomic E-state index is 2.33. The number of rotatable bonds is 1. The predicted octanol–water partition coefficient (Wildman–Crippen LogP) is 2.57. The first-order valence-corrected chi connectivity index (χ1v) is 7.29. The second-order valence-electron chi connectivity index (χ2n) is 4.45. The smallest absolute Gasteiger partial charge is 0.0620 e. The summed E-state index contributed by atoms with van der Waals surface area (Å²) in [6.07, 6.45) is 5.74. The molecule has 0 saturated carbocycles. The molecule has 74 valence electrons. The first-order valence-electron chi connectivity index (χ1n) is 5.66. The molecular weight excluding hydrogens is 188 g/mol. The fourth-order valence-electron chi connectivity index (χ4n) is 2.76. The summed E-state index contributed by atoms with van der Waals surface area (Å²) in [5.41, 5.74) is 3.27. The molecule has 0 N–H and O–H groups in total. The highest BCUT2D eigenvalue weighted by atomic mass is 32.2. The van der Waals surface area contributed by atoms with Crippen molar-refractivity contribution in [3.8, 4) is 0 Å². The molecule has 0 radical (unpaired) electrons. The van der Waals surface area contributed by atoms with Gasteiger partial charge >= 0.3 is 0 Å². The van der Waals surface area contributed by atoms with Crippen molar-refractivity contribution < 1.29 is 0 Å². The van der Waals surface area contributed by atoms with Gasteiger partial charge in [-0.2, -0.15) is 0 Å². The van der Waals surface area contributed by atoms with Gasteiger partial charge in [0.1, 0.15) is 16.8 Å². The fourth-order valence-corrected chi connectivity index (χ4v) is 5.62. The van der Waals surface area contributed by atoms with Crippen molar-refractivity contribution in [2.24, 2.45) is 0 Å². The molecule has 1 saturated heterocycles. The van der Waals surface area contributed by atoms with Gasteiger partial charge in [0.15, 0.2) is 0 Å². The van der Waals surface area contributed by atoms with Gasteiger partial charge in [-0.15, -0.1) is 0 Å². The first kappa shape index (κ1) is 8.84. The van der Waals surface area contributed by atoms with Crippen molar-refractivity contribution in [2.45, 2.75) is 30.9 Å². The standard InChI is InChI=1S/C13H17S/c1-2-6-12-10-13(9-11(12)5-1)14-7-3-4-8-14/h1-2,5-6,13H,3-4,7-10H2/q+1. The van der Waals surface area contributed by atoms with Gasteiger partial charge in [-0.25, -0.2) is 0 Å². The minimum atomic E-state index is 0.771. The van der Waals surface area contributed by atoms with Gasteiger partial charge in [0.2, 0.25) is 0 Å². The summed E-state index contributed by atoms with van der Waals surface area (Å²) < 4.78 is 0. The third-order valence-electron chi connectivity index (χ3n) is 3.55. The Hall–Kier alpha value is -0.430. The molecule has 0 spiro atoms. The Kier molecular flexibility index (Phi) is 2.28. The molecule has 0 aromatic heterocycles. The molecule has 3 rings (SSSR count). The number of fused-ring (bicyclic) bond motifs is 1. The summed E-state index contributed by atoms with van der Waals surface area (Å²) in [7, 11) is 0.771. The maximum absolute atomic E-state index is 2.33. The normalized spacial score (nSPS) is 22.9. The molecule has 0 bridgehead atoms. The van der Waals surface area contributed by atoms with Gasteiger partial charge in [-0.3, -0.25) is 0 Å². The average Bonchev–Trinajstić information content (AvgIpc) is 2.86. The number of hydrogen-bond donors (Lipinski definition) is 0. The van der Waals surface area contributed by atoms with Crippen LogP contribution in [0, 0.1) is 0 Å². The molecule has 1 aliphatic heterocycles. The van der Waals surface area contributed by atoms with E-state index in [9.17, 15) is 0 Å². The summed E-state index contributed by atoms with van der Waals surface area (Å²) in [6.45, 7) is 0. The lowest BCUT2D eigenvalue weighted by atomic mass is 10.1. The minimum absolute atomic E-state index is 0.771. The topological polar surface area (TPSA) is 0 Å². The molecule has 14 heavy (non-hydrogen) atoms. The molecule has 1 fully saturated rings. The lowest BCUT2D eigenvalue weighted by Crippen LogP contribution is -2.23. The van der Waals surface area contributed by atoms with Crippen LogP contribution >= 0.6 is 0 Å². The summed E-state index contributed by atoms with van der Waals surface area (Å²) >= 11 is 0. The van der Waals surface area contributed by atoms with Gasteiger partial charge in [-0.05, 0) is 34.9 Å². The Morgan fingerprint density at radius 3 is 2.07 bits per heavy atom. The van der Waals surface area contributed by atoms with E-state index in [1.165, 1.54) is 37.2 Å². The van der Waals surface area contributed by atoms with Crippen LogP contribution in [0.4, 0.5) is 0 Å². The molecular formula is C13H17S+. The monoisotopic (exact) mass is 205 g/mol. The van der Waals surface area contributed by atoms with Crippen molar-refractivity contribution in [2.75, 3.05) is 11.5 Å². The largest absolute Gasteiger partial charge is 0.126 e. The van der Waals surface area contributed by atoms with Crippen LogP contribution in [0.1, 0.15) is 24.0 Å². The van der Waals surface area contributed by atoms with E-state index in [0.29, 0.717) is 0 Å². The predicted molar refractivity (Wildman–Crippen MR) is 64.0 cm³/mol. The zero-order chi connectivity index (χ0) is 9.38. The van der Waals surface area contributed by atoms with Crippen LogP contribution in [0.2, 0.25) is 0 Å². The van der Waals surface area contributed by atoms with Gasteiger partial charge in [0, 0.05) is 12.8 Å². The van der Waals surface area contributed by atoms with Crippen molar-refractivity contribution >= 4 is 10.9 Å². The Balaban J connectivity index is 1.77. The van der Waals surface area contributed by atoms with E-state index in [4.69, 9.17) is 0 Å². The molecule has 1 aliphatic carbocycles. The summed E-state index contributed by atoms with van der Waals surface area (Å²) in [5, 5.41) is 1.01. The molecule has 2 aliphatic rings. The lowest BCUT2D eigenvalue weighted by Gasteiger charge is -2.07. The number of hydrogen-bond acceptors (Lipinski definition) is 0. The van der Waals surface area contributed by atoms with Crippen LogP contribution in [-0.4, -0.2) is 16.8 Å². The average molecular weight is 205 g/mol. The Bertz CT molecular complexity index is 301. The molecule has 1 aromatic carbocycles. The second-order valence-corrected chi connectivity index (χ2v) is 7.01. The first-order chi connectivity index (χ1) is 6.93. The molecule has 0 amide bonds. The Morgan fingerprint density at radius 2 is 1.50 bits per heavy atom. The summed E-state index contributed by atoms with van der Waals surface area (Å²) in [4.78, 5) is 0. The molecule has 0 atom stereocenters. The van der Waals surface area contributed by atoms with Crippen LogP contribution in [-0.2, 0) is 23.7 Å². The van der Waals surface area contributed by atoms with Crippen LogP contribution in [0.15, 0.2) is 24.3 Å². The quantitative estimate of drug-likeness (QED) is 0.618. The molecule has 1 heterocycles. The number of benzene rings is 1. The van der Waals surface area contributed by atoms with Crippen LogP contribution in [0.5, 0.6) is 0 Å². The van der Waals surface area contributed by atoms with E-state index in [1.54, 1.807) is 11.1 Å². The van der Waals surface area contributed by atoms with Gasteiger partial charge in [-0.1, -0.05) is 24.3 Å². The highest BCUT2D eigenvalue weighted by Gasteiger charge is 2.37. The molecule has 0 nitrogen and oxygen atoms in total. The van der Waals surface area contributed by atoms with E-state index in [1.807, 2.05) is 0 Å².